The molecule has 1 aliphatic carbocycles. The molecule has 1 aliphatic rings. The highest BCUT2D eigenvalue weighted by molar-refractivity contribution is 5.25. The van der Waals surface area contributed by atoms with Crippen LogP contribution in [0.2, 0.25) is 0 Å². The van der Waals surface area contributed by atoms with Crippen LogP contribution in [0.25, 0.3) is 0 Å². The van der Waals surface area contributed by atoms with E-state index in [-0.39, 0.29) is 0 Å². The van der Waals surface area contributed by atoms with Gasteiger partial charge in [-0.2, -0.15) is 0 Å². The monoisotopic (exact) mass is 287 g/mol. The molecular weight excluding hydrogens is 254 g/mol. The van der Waals surface area contributed by atoms with Crippen molar-refractivity contribution in [3.63, 3.8) is 0 Å². The number of hydrogen-bond acceptors (Lipinski definition) is 1. The SMILES string of the molecule is CCCC1CCC(NC)C(Cc2ccc(C(C)C)cc2)C1. The summed E-state index contributed by atoms with van der Waals surface area (Å²) in [5.74, 6) is 2.40. The zero-order valence-corrected chi connectivity index (χ0v) is 14.4. The summed E-state index contributed by atoms with van der Waals surface area (Å²) in [5.41, 5.74) is 2.97. The van der Waals surface area contributed by atoms with Gasteiger partial charge in [-0.25, -0.2) is 0 Å². The van der Waals surface area contributed by atoms with Crippen LogP contribution in [0.3, 0.4) is 0 Å². The lowest BCUT2D eigenvalue weighted by Gasteiger charge is -2.36. The van der Waals surface area contributed by atoms with Crippen LogP contribution in [0, 0.1) is 11.8 Å². The van der Waals surface area contributed by atoms with Gasteiger partial charge >= 0.3 is 0 Å². The zero-order chi connectivity index (χ0) is 15.2. The Balaban J connectivity index is 2.00. The normalized spacial score (nSPS) is 26.2. The molecule has 1 aromatic carbocycles. The quantitative estimate of drug-likeness (QED) is 0.762. The third-order valence-electron chi connectivity index (χ3n) is 5.30. The topological polar surface area (TPSA) is 12.0 Å². The molecule has 0 saturated heterocycles. The van der Waals surface area contributed by atoms with E-state index in [2.05, 4.69) is 57.4 Å². The van der Waals surface area contributed by atoms with E-state index in [1.165, 1.54) is 49.7 Å². The van der Waals surface area contributed by atoms with Crippen LogP contribution < -0.4 is 5.32 Å². The highest BCUT2D eigenvalue weighted by Crippen LogP contribution is 2.34. The Hall–Kier alpha value is -0.820. The van der Waals surface area contributed by atoms with Crippen molar-refractivity contribution >= 4 is 0 Å². The first-order chi connectivity index (χ1) is 10.1. The number of benzene rings is 1. The van der Waals surface area contributed by atoms with Crippen molar-refractivity contribution in [2.45, 2.75) is 71.3 Å². The predicted octanol–water partition coefficient (Wildman–Crippen LogP) is 5.16. The van der Waals surface area contributed by atoms with Gasteiger partial charge in [0.05, 0.1) is 0 Å². The summed E-state index contributed by atoms with van der Waals surface area (Å²) >= 11 is 0. The summed E-state index contributed by atoms with van der Waals surface area (Å²) in [6.07, 6.45) is 8.18. The van der Waals surface area contributed by atoms with Crippen molar-refractivity contribution in [2.75, 3.05) is 7.05 Å². The molecule has 21 heavy (non-hydrogen) atoms. The largest absolute Gasteiger partial charge is 0.317 e. The molecule has 118 valence electrons. The van der Waals surface area contributed by atoms with E-state index in [0.717, 1.165) is 11.8 Å². The zero-order valence-electron chi connectivity index (χ0n) is 14.4. The van der Waals surface area contributed by atoms with E-state index in [1.807, 2.05) is 0 Å². The van der Waals surface area contributed by atoms with Gasteiger partial charge in [-0.1, -0.05) is 57.9 Å². The van der Waals surface area contributed by atoms with Gasteiger partial charge in [0.2, 0.25) is 0 Å². The Morgan fingerprint density at radius 1 is 1.14 bits per heavy atom. The van der Waals surface area contributed by atoms with Crippen LogP contribution in [-0.2, 0) is 6.42 Å². The summed E-state index contributed by atoms with van der Waals surface area (Å²) in [7, 11) is 2.14. The molecule has 1 fully saturated rings. The van der Waals surface area contributed by atoms with Gasteiger partial charge in [0.15, 0.2) is 0 Å². The molecule has 0 aromatic heterocycles. The predicted molar refractivity (Wildman–Crippen MR) is 92.8 cm³/mol. The fourth-order valence-electron chi connectivity index (χ4n) is 3.98. The minimum atomic E-state index is 0.632. The van der Waals surface area contributed by atoms with Crippen molar-refractivity contribution in [3.05, 3.63) is 35.4 Å². The van der Waals surface area contributed by atoms with Crippen LogP contribution in [0.5, 0.6) is 0 Å². The average molecular weight is 287 g/mol. The van der Waals surface area contributed by atoms with E-state index in [4.69, 9.17) is 0 Å². The maximum atomic E-state index is 3.57. The summed E-state index contributed by atoms with van der Waals surface area (Å²) in [6.45, 7) is 6.86. The molecular formula is C20H33N. The Morgan fingerprint density at radius 2 is 1.86 bits per heavy atom. The van der Waals surface area contributed by atoms with Crippen LogP contribution in [0.1, 0.15) is 69.9 Å². The van der Waals surface area contributed by atoms with Crippen LogP contribution in [0.4, 0.5) is 0 Å². The van der Waals surface area contributed by atoms with E-state index >= 15 is 0 Å². The van der Waals surface area contributed by atoms with Gasteiger partial charge in [0.1, 0.15) is 0 Å². The fourth-order valence-corrected chi connectivity index (χ4v) is 3.98. The minimum Gasteiger partial charge on any atom is -0.317 e. The first-order valence-electron chi connectivity index (χ1n) is 8.90. The van der Waals surface area contributed by atoms with Crippen LogP contribution in [-0.4, -0.2) is 13.1 Å². The van der Waals surface area contributed by atoms with Crippen molar-refractivity contribution in [2.24, 2.45) is 11.8 Å². The maximum Gasteiger partial charge on any atom is 0.00957 e. The second-order valence-corrected chi connectivity index (χ2v) is 7.22. The van der Waals surface area contributed by atoms with Crippen molar-refractivity contribution in [3.8, 4) is 0 Å². The molecule has 0 amide bonds. The molecule has 1 N–H and O–H groups in total. The van der Waals surface area contributed by atoms with Crippen LogP contribution >= 0.6 is 0 Å². The van der Waals surface area contributed by atoms with Gasteiger partial charge in [0.25, 0.3) is 0 Å². The van der Waals surface area contributed by atoms with Gasteiger partial charge in [-0.3, -0.25) is 0 Å². The lowest BCUT2D eigenvalue weighted by molar-refractivity contribution is 0.200. The van der Waals surface area contributed by atoms with E-state index in [9.17, 15) is 0 Å². The van der Waals surface area contributed by atoms with Crippen molar-refractivity contribution < 1.29 is 0 Å². The van der Waals surface area contributed by atoms with Gasteiger partial charge in [0, 0.05) is 6.04 Å². The molecule has 0 spiro atoms. The third kappa shape index (κ3) is 4.57. The van der Waals surface area contributed by atoms with Gasteiger partial charge < -0.3 is 5.32 Å². The van der Waals surface area contributed by atoms with E-state index < -0.39 is 0 Å². The molecule has 3 unspecified atom stereocenters. The summed E-state index contributed by atoms with van der Waals surface area (Å²) in [4.78, 5) is 0. The average Bonchev–Trinajstić information content (AvgIpc) is 2.48. The molecule has 1 saturated carbocycles. The van der Waals surface area contributed by atoms with E-state index in [0.29, 0.717) is 12.0 Å². The lowest BCUT2D eigenvalue weighted by Crippen LogP contribution is -2.39. The molecule has 0 heterocycles. The first-order valence-corrected chi connectivity index (χ1v) is 8.90. The molecule has 1 heteroatoms. The number of nitrogens with one attached hydrogen (secondary N) is 1. The fraction of sp³-hybridized carbons (Fsp3) is 0.700. The van der Waals surface area contributed by atoms with Crippen molar-refractivity contribution in [1.82, 2.24) is 5.32 Å². The standard InChI is InChI=1S/C20H33N/c1-5-6-16-9-12-20(21-4)19(13-16)14-17-7-10-18(11-8-17)15(2)3/h7-8,10-11,15-16,19-21H,5-6,9,12-14H2,1-4H3. The second kappa shape index (κ2) is 7.98. The first kappa shape index (κ1) is 16.5. The summed E-state index contributed by atoms with van der Waals surface area (Å²) in [5, 5.41) is 3.57. The minimum absolute atomic E-state index is 0.632. The third-order valence-corrected chi connectivity index (χ3v) is 5.30. The molecule has 0 bridgehead atoms. The van der Waals surface area contributed by atoms with Crippen LogP contribution in [0.15, 0.2) is 24.3 Å². The maximum absolute atomic E-state index is 3.57. The van der Waals surface area contributed by atoms with Gasteiger partial charge in [-0.05, 0) is 61.6 Å². The molecule has 1 nitrogen and oxygen atoms in total. The van der Waals surface area contributed by atoms with E-state index in [1.54, 1.807) is 0 Å². The summed E-state index contributed by atoms with van der Waals surface area (Å²) < 4.78 is 0. The summed E-state index contributed by atoms with van der Waals surface area (Å²) in [6, 6.07) is 10.1. The highest BCUT2D eigenvalue weighted by atomic mass is 14.9. The molecule has 2 rings (SSSR count). The Labute approximate surface area is 131 Å². The van der Waals surface area contributed by atoms with Crippen molar-refractivity contribution in [1.29, 1.82) is 0 Å². The Kier molecular flexibility index (Phi) is 6.29. The number of rotatable bonds is 6. The second-order valence-electron chi connectivity index (χ2n) is 7.22. The Morgan fingerprint density at radius 3 is 2.43 bits per heavy atom. The smallest absolute Gasteiger partial charge is 0.00957 e. The molecule has 1 aromatic rings. The molecule has 0 radical (unpaired) electrons. The molecule has 0 aliphatic heterocycles. The van der Waals surface area contributed by atoms with Gasteiger partial charge in [-0.15, -0.1) is 0 Å². The number of hydrogen-bond donors (Lipinski definition) is 1. The highest BCUT2D eigenvalue weighted by Gasteiger charge is 2.29. The Bertz CT molecular complexity index is 406. The molecule has 3 atom stereocenters. The lowest BCUT2D eigenvalue weighted by atomic mass is 9.74.